The van der Waals surface area contributed by atoms with Crippen molar-refractivity contribution in [2.75, 3.05) is 0 Å². The van der Waals surface area contributed by atoms with Crippen LogP contribution in [0.4, 0.5) is 0 Å². The predicted molar refractivity (Wildman–Crippen MR) is 43.3 cm³/mol. The molecule has 3 heteroatoms. The van der Waals surface area contributed by atoms with Gasteiger partial charge in [0.1, 0.15) is 5.60 Å². The first-order valence-electron chi connectivity index (χ1n) is 4.05. The Labute approximate surface area is 70.9 Å². The number of nitrogens with zero attached hydrogens (tertiary/aromatic N) is 1. The highest BCUT2D eigenvalue weighted by Crippen LogP contribution is 2.33. The molecule has 2 rings (SSSR count). The Morgan fingerprint density at radius 2 is 2.42 bits per heavy atom. The van der Waals surface area contributed by atoms with Crippen LogP contribution in [0, 0.1) is 5.21 Å². The van der Waals surface area contributed by atoms with Crippen LogP contribution < -0.4 is 4.73 Å². The topological polar surface area (TPSA) is 47.2 Å². The quantitative estimate of drug-likeness (QED) is 0.449. The Balaban J connectivity index is 2.64. The number of aromatic nitrogens is 1. The van der Waals surface area contributed by atoms with Crippen molar-refractivity contribution in [1.82, 2.24) is 0 Å². The summed E-state index contributed by atoms with van der Waals surface area (Å²) in [6.07, 6.45) is 2.87. The van der Waals surface area contributed by atoms with Crippen LogP contribution in [-0.2, 0) is 12.0 Å². The fourth-order valence-corrected chi connectivity index (χ4v) is 1.81. The average molecular weight is 165 g/mol. The van der Waals surface area contributed by atoms with Crippen LogP contribution in [0.3, 0.4) is 0 Å². The molecule has 0 aromatic carbocycles. The maximum Gasteiger partial charge on any atom is 0.227 e. The maximum absolute atomic E-state index is 11.3. The Morgan fingerprint density at radius 3 is 3.08 bits per heavy atom. The number of pyridine rings is 1. The van der Waals surface area contributed by atoms with Crippen LogP contribution in [0.2, 0.25) is 0 Å². The second-order valence-electron chi connectivity index (χ2n) is 3.48. The van der Waals surface area contributed by atoms with Crippen LogP contribution in [0.5, 0.6) is 0 Å². The van der Waals surface area contributed by atoms with E-state index in [1.807, 2.05) is 6.07 Å². The third-order valence-corrected chi connectivity index (χ3v) is 2.43. The first kappa shape index (κ1) is 7.55. The summed E-state index contributed by atoms with van der Waals surface area (Å²) in [5, 5.41) is 21.1. The van der Waals surface area contributed by atoms with Crippen molar-refractivity contribution >= 4 is 0 Å². The second kappa shape index (κ2) is 2.20. The van der Waals surface area contributed by atoms with E-state index in [0.717, 1.165) is 16.7 Å². The van der Waals surface area contributed by atoms with Crippen LogP contribution in [0.15, 0.2) is 18.3 Å². The normalized spacial score (nSPS) is 27.2. The van der Waals surface area contributed by atoms with Crippen molar-refractivity contribution in [3.8, 4) is 0 Å². The lowest BCUT2D eigenvalue weighted by atomic mass is 10.0. The molecule has 64 valence electrons. The van der Waals surface area contributed by atoms with E-state index in [4.69, 9.17) is 0 Å². The van der Waals surface area contributed by atoms with Gasteiger partial charge in [-0.3, -0.25) is 0 Å². The molecule has 1 aromatic rings. The predicted octanol–water partition coefficient (Wildman–Crippen LogP) is 0.474. The third kappa shape index (κ3) is 0.898. The fraction of sp³-hybridized carbons (Fsp3) is 0.444. The van der Waals surface area contributed by atoms with E-state index < -0.39 is 5.60 Å². The molecule has 1 heterocycles. The standard InChI is InChI=1S/C9H11NO2/c1-9(11)5-4-7-3-2-6-10(12)8(7)9/h2-3,6,11H,4-5H2,1H3. The van der Waals surface area contributed by atoms with Gasteiger partial charge >= 0.3 is 0 Å². The van der Waals surface area contributed by atoms with Gasteiger partial charge in [-0.05, 0) is 25.8 Å². The monoisotopic (exact) mass is 165 g/mol. The van der Waals surface area contributed by atoms with Crippen molar-refractivity contribution in [2.24, 2.45) is 0 Å². The van der Waals surface area contributed by atoms with Crippen molar-refractivity contribution in [3.05, 3.63) is 34.8 Å². The van der Waals surface area contributed by atoms with Crippen LogP contribution >= 0.6 is 0 Å². The van der Waals surface area contributed by atoms with Gasteiger partial charge in [-0.25, -0.2) is 0 Å². The molecule has 0 spiro atoms. The van der Waals surface area contributed by atoms with E-state index in [1.165, 1.54) is 6.20 Å². The van der Waals surface area contributed by atoms with E-state index >= 15 is 0 Å². The Morgan fingerprint density at radius 1 is 1.67 bits per heavy atom. The van der Waals surface area contributed by atoms with Gasteiger partial charge in [0, 0.05) is 11.6 Å². The van der Waals surface area contributed by atoms with E-state index in [1.54, 1.807) is 13.0 Å². The van der Waals surface area contributed by atoms with Crippen LogP contribution in [-0.4, -0.2) is 5.11 Å². The first-order chi connectivity index (χ1) is 5.61. The summed E-state index contributed by atoms with van der Waals surface area (Å²) in [5.41, 5.74) is 0.556. The molecule has 1 atom stereocenters. The Bertz CT molecular complexity index is 320. The third-order valence-electron chi connectivity index (χ3n) is 2.43. The Hall–Kier alpha value is -1.09. The molecule has 0 amide bonds. The molecule has 0 radical (unpaired) electrons. The SMILES string of the molecule is CC1(O)CCc2ccc[n+]([O-])c21. The minimum atomic E-state index is -0.932. The van der Waals surface area contributed by atoms with Gasteiger partial charge in [0.2, 0.25) is 5.69 Å². The lowest BCUT2D eigenvalue weighted by molar-refractivity contribution is -0.621. The van der Waals surface area contributed by atoms with Crippen molar-refractivity contribution in [2.45, 2.75) is 25.4 Å². The second-order valence-corrected chi connectivity index (χ2v) is 3.48. The fourth-order valence-electron chi connectivity index (χ4n) is 1.81. The lowest BCUT2D eigenvalue weighted by Crippen LogP contribution is -2.38. The highest BCUT2D eigenvalue weighted by atomic mass is 16.5. The summed E-state index contributed by atoms with van der Waals surface area (Å²) in [4.78, 5) is 0. The summed E-state index contributed by atoms with van der Waals surface area (Å²) in [6, 6.07) is 3.61. The van der Waals surface area contributed by atoms with E-state index in [9.17, 15) is 10.3 Å². The van der Waals surface area contributed by atoms with Crippen molar-refractivity contribution in [1.29, 1.82) is 0 Å². The van der Waals surface area contributed by atoms with E-state index in [2.05, 4.69) is 0 Å². The molecule has 1 aromatic heterocycles. The number of fused-ring (bicyclic) bond motifs is 1. The zero-order valence-electron chi connectivity index (χ0n) is 6.95. The molecular weight excluding hydrogens is 154 g/mol. The molecule has 0 saturated heterocycles. The van der Waals surface area contributed by atoms with Gasteiger partial charge in [0.15, 0.2) is 6.20 Å². The number of aryl methyl sites for hydroxylation is 1. The molecular formula is C9H11NO2. The number of hydrogen-bond donors (Lipinski definition) is 1. The minimum Gasteiger partial charge on any atom is -0.618 e. The van der Waals surface area contributed by atoms with Gasteiger partial charge < -0.3 is 10.3 Å². The molecule has 1 N–H and O–H groups in total. The molecule has 0 saturated carbocycles. The zero-order chi connectivity index (χ0) is 8.77. The molecule has 1 unspecified atom stereocenters. The largest absolute Gasteiger partial charge is 0.618 e. The number of rotatable bonds is 0. The summed E-state index contributed by atoms with van der Waals surface area (Å²) >= 11 is 0. The lowest BCUT2D eigenvalue weighted by Gasteiger charge is -2.15. The highest BCUT2D eigenvalue weighted by Gasteiger charge is 2.39. The Kier molecular flexibility index (Phi) is 1.38. The molecule has 1 aliphatic rings. The molecule has 3 nitrogen and oxygen atoms in total. The van der Waals surface area contributed by atoms with Gasteiger partial charge in [-0.2, -0.15) is 4.73 Å². The molecule has 12 heavy (non-hydrogen) atoms. The smallest absolute Gasteiger partial charge is 0.227 e. The molecule has 0 fully saturated rings. The highest BCUT2D eigenvalue weighted by molar-refractivity contribution is 5.26. The number of hydrogen-bond acceptors (Lipinski definition) is 2. The van der Waals surface area contributed by atoms with Gasteiger partial charge in [0.05, 0.1) is 0 Å². The minimum absolute atomic E-state index is 0.519. The van der Waals surface area contributed by atoms with Gasteiger partial charge in [-0.1, -0.05) is 0 Å². The number of aliphatic hydroxyl groups is 1. The summed E-state index contributed by atoms with van der Waals surface area (Å²) in [7, 11) is 0. The van der Waals surface area contributed by atoms with E-state index in [-0.39, 0.29) is 0 Å². The molecule has 0 aliphatic heterocycles. The van der Waals surface area contributed by atoms with Crippen LogP contribution in [0.25, 0.3) is 0 Å². The van der Waals surface area contributed by atoms with Crippen LogP contribution in [0.1, 0.15) is 24.6 Å². The maximum atomic E-state index is 11.3. The van der Waals surface area contributed by atoms with Gasteiger partial charge in [0.25, 0.3) is 0 Å². The summed E-state index contributed by atoms with van der Waals surface area (Å²) in [6.45, 7) is 1.69. The zero-order valence-corrected chi connectivity index (χ0v) is 6.95. The van der Waals surface area contributed by atoms with E-state index in [0.29, 0.717) is 12.1 Å². The van der Waals surface area contributed by atoms with Crippen molar-refractivity contribution in [3.63, 3.8) is 0 Å². The van der Waals surface area contributed by atoms with Gasteiger partial charge in [-0.15, -0.1) is 0 Å². The first-order valence-corrected chi connectivity index (χ1v) is 4.05. The molecule has 0 bridgehead atoms. The molecule has 1 aliphatic carbocycles. The average Bonchev–Trinajstić information content (AvgIpc) is 2.29. The van der Waals surface area contributed by atoms with Crippen molar-refractivity contribution < 1.29 is 9.84 Å². The summed E-state index contributed by atoms with van der Waals surface area (Å²) < 4.78 is 0.766. The summed E-state index contributed by atoms with van der Waals surface area (Å²) in [5.74, 6) is 0.